The first-order valence-electron chi connectivity index (χ1n) is 14.9. The van der Waals surface area contributed by atoms with Crippen molar-refractivity contribution in [2.45, 2.75) is 37.6 Å². The van der Waals surface area contributed by atoms with Crippen molar-refractivity contribution in [2.75, 3.05) is 13.2 Å². The highest BCUT2D eigenvalue weighted by molar-refractivity contribution is 7.52. The van der Waals surface area contributed by atoms with Gasteiger partial charge in [-0.25, -0.2) is 0 Å². The van der Waals surface area contributed by atoms with Crippen LogP contribution in [0.4, 0.5) is 17.6 Å². The molecule has 0 aliphatic carbocycles. The highest BCUT2D eigenvalue weighted by atomic mass is 31.2. The van der Waals surface area contributed by atoms with Crippen LogP contribution < -0.4 is 0 Å². The molecule has 0 unspecified atom stereocenters. The molecule has 0 amide bonds. The molecule has 0 fully saturated rings. The van der Waals surface area contributed by atoms with Gasteiger partial charge in [-0.05, 0) is 40.3 Å². The molecule has 252 valence electrons. The van der Waals surface area contributed by atoms with Gasteiger partial charge in [-0.15, -0.1) is 10.2 Å². The summed E-state index contributed by atoms with van der Waals surface area (Å²) in [5, 5.41) is 12.1. The molecular formula is C34H33F4N4O5P. The highest BCUT2D eigenvalue weighted by Gasteiger charge is 2.50. The number of benzene rings is 4. The number of hydrogen-bond donors (Lipinski definition) is 3. The number of hydrogen-bond acceptors (Lipinski definition) is 6. The highest BCUT2D eigenvalue weighted by Crippen LogP contribution is 2.59. The van der Waals surface area contributed by atoms with Crippen LogP contribution in [0.15, 0.2) is 109 Å². The minimum atomic E-state index is -5.75. The van der Waals surface area contributed by atoms with Gasteiger partial charge in [0.05, 0.1) is 26.4 Å². The molecule has 0 bridgehead atoms. The zero-order chi connectivity index (χ0) is 34.3. The Morgan fingerprint density at radius 1 is 0.646 bits per heavy atom. The molecule has 14 heteroatoms. The quantitative estimate of drug-likeness (QED) is 0.0767. The first-order chi connectivity index (χ1) is 22.9. The zero-order valence-corrected chi connectivity index (χ0v) is 26.4. The number of alkyl halides is 4. The molecule has 0 spiro atoms. The van der Waals surface area contributed by atoms with Crippen LogP contribution in [-0.2, 0) is 51.7 Å². The molecule has 5 aromatic rings. The average molecular weight is 685 g/mol. The maximum absolute atomic E-state index is 15.0. The Bertz CT molecular complexity index is 1730. The number of aromatic nitrogens is 4. The van der Waals surface area contributed by atoms with Crippen LogP contribution in [0.25, 0.3) is 0 Å². The van der Waals surface area contributed by atoms with E-state index in [0.29, 0.717) is 11.1 Å². The Labute approximate surface area is 274 Å². The third kappa shape index (κ3) is 8.60. The summed E-state index contributed by atoms with van der Waals surface area (Å²) >= 11 is 0. The number of nitrogens with one attached hydrogen (secondary N) is 1. The van der Waals surface area contributed by atoms with Crippen molar-refractivity contribution in [3.05, 3.63) is 148 Å². The number of H-pyrrole nitrogens is 1. The summed E-state index contributed by atoms with van der Waals surface area (Å²) in [6, 6.07) is 29.4. The molecule has 0 saturated heterocycles. The molecule has 0 aliphatic rings. The number of nitrogens with zero attached hydrogens (tertiary/aromatic N) is 3. The van der Waals surface area contributed by atoms with E-state index in [1.54, 1.807) is 12.1 Å². The molecule has 0 saturated carbocycles. The van der Waals surface area contributed by atoms with E-state index in [1.165, 1.54) is 24.3 Å². The van der Waals surface area contributed by atoms with Gasteiger partial charge in [-0.2, -0.15) is 22.8 Å². The van der Waals surface area contributed by atoms with Crippen LogP contribution in [-0.4, -0.2) is 43.6 Å². The minimum Gasteiger partial charge on any atom is -0.376 e. The summed E-state index contributed by atoms with van der Waals surface area (Å²) in [7, 11) is -5.75. The summed E-state index contributed by atoms with van der Waals surface area (Å²) in [6.45, 7) is 0.810. The molecule has 9 nitrogen and oxygen atoms in total. The van der Waals surface area contributed by atoms with Crippen molar-refractivity contribution in [3.63, 3.8) is 0 Å². The van der Waals surface area contributed by atoms with Gasteiger partial charge in [-0.3, -0.25) is 4.57 Å². The second-order valence-electron chi connectivity index (χ2n) is 11.6. The van der Waals surface area contributed by atoms with E-state index in [2.05, 4.69) is 20.6 Å². The van der Waals surface area contributed by atoms with E-state index in [4.69, 9.17) is 9.47 Å². The van der Waals surface area contributed by atoms with Crippen LogP contribution in [0, 0.1) is 5.41 Å². The number of rotatable bonds is 16. The van der Waals surface area contributed by atoms with Gasteiger partial charge in [0, 0.05) is 16.5 Å². The number of tetrazole rings is 1. The zero-order valence-electron chi connectivity index (χ0n) is 25.6. The fourth-order valence-corrected chi connectivity index (χ4v) is 5.83. The fourth-order valence-electron chi connectivity index (χ4n) is 5.34. The van der Waals surface area contributed by atoms with Gasteiger partial charge in [0.15, 0.2) is 0 Å². The molecular weight excluding hydrogens is 651 g/mol. The monoisotopic (exact) mass is 684 g/mol. The number of aromatic amines is 1. The Morgan fingerprint density at radius 3 is 1.52 bits per heavy atom. The van der Waals surface area contributed by atoms with E-state index in [-0.39, 0.29) is 44.8 Å². The van der Waals surface area contributed by atoms with Crippen molar-refractivity contribution in [3.8, 4) is 0 Å². The minimum absolute atomic E-state index is 0.137. The standard InChI is InChI=1S/C34H33F4N4O5P/c35-33(36,31-39-41-42-40-31)29-15-11-25(12-16-29)19-32(23-46-21-27-7-3-1-4-8-27,24-47-22-28-9-5-2-6-10-28)20-26-13-17-30(18-14-26)34(37,38)48(43,44)45/h1-18H,19-24H2,(H2,43,44,45)(H,39,40,41,42). The Morgan fingerprint density at radius 2 is 1.10 bits per heavy atom. The maximum atomic E-state index is 15.0. The molecule has 4 aromatic carbocycles. The van der Waals surface area contributed by atoms with E-state index in [9.17, 15) is 31.9 Å². The SMILES string of the molecule is O=P(O)(O)C(F)(F)c1ccc(CC(COCc2ccccc2)(COCc2ccccc2)Cc2ccc(C(F)(F)c3nn[nH]n3)cc2)cc1. The topological polar surface area (TPSA) is 130 Å². The first-order valence-corrected chi connectivity index (χ1v) is 16.5. The van der Waals surface area contributed by atoms with Gasteiger partial charge in [0.1, 0.15) is 0 Å². The van der Waals surface area contributed by atoms with Crippen molar-refractivity contribution >= 4 is 7.60 Å². The summed E-state index contributed by atoms with van der Waals surface area (Å²) in [5.74, 6) is -4.25. The van der Waals surface area contributed by atoms with E-state index < -0.39 is 36.0 Å². The van der Waals surface area contributed by atoms with Gasteiger partial charge in [-0.1, -0.05) is 109 Å². The molecule has 1 aromatic heterocycles. The lowest BCUT2D eigenvalue weighted by atomic mass is 9.77. The van der Waals surface area contributed by atoms with Crippen LogP contribution >= 0.6 is 7.60 Å². The smallest absolute Gasteiger partial charge is 0.376 e. The summed E-state index contributed by atoms with van der Waals surface area (Å²) in [5.41, 5.74) is -3.24. The van der Waals surface area contributed by atoms with Crippen molar-refractivity contribution < 1.29 is 41.4 Å². The van der Waals surface area contributed by atoms with Crippen molar-refractivity contribution in [1.82, 2.24) is 20.6 Å². The molecule has 5 rings (SSSR count). The van der Waals surface area contributed by atoms with Crippen molar-refractivity contribution in [1.29, 1.82) is 0 Å². The summed E-state index contributed by atoms with van der Waals surface area (Å²) in [4.78, 5) is 18.4. The lowest BCUT2D eigenvalue weighted by Crippen LogP contribution is -2.37. The fraction of sp³-hybridized carbons (Fsp3) is 0.265. The van der Waals surface area contributed by atoms with E-state index in [1.807, 2.05) is 60.7 Å². The van der Waals surface area contributed by atoms with E-state index in [0.717, 1.165) is 23.3 Å². The lowest BCUT2D eigenvalue weighted by Gasteiger charge is -2.34. The largest absolute Gasteiger partial charge is 0.399 e. The van der Waals surface area contributed by atoms with Crippen molar-refractivity contribution in [2.24, 2.45) is 5.41 Å². The third-order valence-electron chi connectivity index (χ3n) is 7.81. The van der Waals surface area contributed by atoms with Gasteiger partial charge in [0.25, 0.3) is 0 Å². The Kier molecular flexibility index (Phi) is 10.9. The van der Waals surface area contributed by atoms with Crippen LogP contribution in [0.5, 0.6) is 0 Å². The predicted octanol–water partition coefficient (Wildman–Crippen LogP) is 6.77. The second-order valence-corrected chi connectivity index (χ2v) is 13.2. The Hall–Kier alpha value is -4.26. The van der Waals surface area contributed by atoms with Crippen LogP contribution in [0.1, 0.15) is 39.2 Å². The first kappa shape index (κ1) is 35.1. The van der Waals surface area contributed by atoms with Gasteiger partial charge < -0.3 is 19.3 Å². The van der Waals surface area contributed by atoms with E-state index >= 15 is 0 Å². The summed E-state index contributed by atoms with van der Waals surface area (Å²) < 4.78 is 82.7. The maximum Gasteiger partial charge on any atom is 0.399 e. The molecule has 1 heterocycles. The summed E-state index contributed by atoms with van der Waals surface area (Å²) in [6.07, 6.45) is 0.518. The number of halogens is 4. The lowest BCUT2D eigenvalue weighted by molar-refractivity contribution is -0.0332. The third-order valence-corrected chi connectivity index (χ3v) is 8.80. The predicted molar refractivity (Wildman–Crippen MR) is 168 cm³/mol. The average Bonchev–Trinajstić information content (AvgIpc) is 3.62. The Balaban J connectivity index is 1.46. The van der Waals surface area contributed by atoms with Crippen LogP contribution in [0.2, 0.25) is 0 Å². The van der Waals surface area contributed by atoms with Crippen LogP contribution in [0.3, 0.4) is 0 Å². The van der Waals surface area contributed by atoms with Gasteiger partial charge >= 0.3 is 19.2 Å². The molecule has 0 aliphatic heterocycles. The molecule has 48 heavy (non-hydrogen) atoms. The molecule has 0 atom stereocenters. The second kappa shape index (κ2) is 14.9. The molecule has 3 N–H and O–H groups in total. The number of ether oxygens (including phenoxy) is 2. The molecule has 0 radical (unpaired) electrons. The normalized spacial score (nSPS) is 12.7. The van der Waals surface area contributed by atoms with Gasteiger partial charge in [0.2, 0.25) is 5.82 Å².